The molecule has 0 spiro atoms. The number of aliphatic imine (C=N–C) groups is 1. The van der Waals surface area contributed by atoms with E-state index in [9.17, 15) is 9.65 Å². The van der Waals surface area contributed by atoms with Gasteiger partial charge in [-0.2, -0.15) is 5.26 Å². The molecule has 4 heteroatoms. The summed E-state index contributed by atoms with van der Waals surface area (Å²) < 4.78 is 13.7. The first kappa shape index (κ1) is 14.9. The highest BCUT2D eigenvalue weighted by Gasteiger charge is 2.18. The van der Waals surface area contributed by atoms with Gasteiger partial charge in [0, 0.05) is 17.1 Å². The van der Waals surface area contributed by atoms with Crippen LogP contribution in [0.2, 0.25) is 0 Å². The molecule has 0 N–H and O–H groups in total. The van der Waals surface area contributed by atoms with E-state index in [4.69, 9.17) is 0 Å². The lowest BCUT2D eigenvalue weighted by atomic mass is 9.90. The van der Waals surface area contributed by atoms with Gasteiger partial charge >= 0.3 is 0 Å². The zero-order chi connectivity index (χ0) is 16.4. The summed E-state index contributed by atoms with van der Waals surface area (Å²) in [6.45, 7) is 5.49. The summed E-state index contributed by atoms with van der Waals surface area (Å²) in [5, 5.41) is 10.2. The summed E-state index contributed by atoms with van der Waals surface area (Å²) in [5.74, 6) is -0.318. The molecule has 1 atom stereocenters. The van der Waals surface area contributed by atoms with Crippen molar-refractivity contribution in [3.8, 4) is 17.2 Å². The molecule has 0 saturated carbocycles. The summed E-state index contributed by atoms with van der Waals surface area (Å²) in [5.41, 5.74) is 3.51. The summed E-state index contributed by atoms with van der Waals surface area (Å²) in [4.78, 5) is 8.51. The first-order chi connectivity index (χ1) is 11.2. The van der Waals surface area contributed by atoms with Gasteiger partial charge in [0.25, 0.3) is 0 Å². The van der Waals surface area contributed by atoms with Crippen LogP contribution in [0, 0.1) is 17.1 Å². The molecule has 23 heavy (non-hydrogen) atoms. The van der Waals surface area contributed by atoms with E-state index < -0.39 is 0 Å². The van der Waals surface area contributed by atoms with E-state index in [2.05, 4.69) is 22.8 Å². The van der Waals surface area contributed by atoms with Gasteiger partial charge in [-0.1, -0.05) is 12.1 Å². The van der Waals surface area contributed by atoms with E-state index in [1.54, 1.807) is 24.4 Å². The third kappa shape index (κ3) is 2.58. The van der Waals surface area contributed by atoms with Crippen molar-refractivity contribution in [1.29, 1.82) is 5.26 Å². The Hall–Kier alpha value is -3.06. The molecule has 112 valence electrons. The zero-order valence-corrected chi connectivity index (χ0v) is 12.6. The molecule has 2 aromatic carbocycles. The number of pyridine rings is 1. The van der Waals surface area contributed by atoms with Crippen LogP contribution < -0.4 is 0 Å². The van der Waals surface area contributed by atoms with E-state index in [1.165, 1.54) is 12.1 Å². The molecule has 3 nitrogen and oxygen atoms in total. The van der Waals surface area contributed by atoms with Gasteiger partial charge in [-0.25, -0.2) is 4.39 Å². The second kappa shape index (κ2) is 5.98. The minimum absolute atomic E-state index is 0.230. The number of hydrogen-bond acceptors (Lipinski definition) is 3. The lowest BCUT2D eigenvalue weighted by Gasteiger charge is -2.16. The van der Waals surface area contributed by atoms with Gasteiger partial charge in [0.05, 0.1) is 23.2 Å². The largest absolute Gasteiger partial charge is 0.293 e. The maximum absolute atomic E-state index is 13.7. The molecule has 3 rings (SSSR count). The Labute approximate surface area is 133 Å². The van der Waals surface area contributed by atoms with E-state index in [-0.39, 0.29) is 11.9 Å². The topological polar surface area (TPSA) is 49.0 Å². The predicted octanol–water partition coefficient (Wildman–Crippen LogP) is 4.67. The minimum atomic E-state index is -0.318. The van der Waals surface area contributed by atoms with Gasteiger partial charge in [0.15, 0.2) is 0 Å². The highest BCUT2D eigenvalue weighted by Crippen LogP contribution is 2.37. The van der Waals surface area contributed by atoms with Crippen LogP contribution in [0.3, 0.4) is 0 Å². The molecule has 0 saturated heterocycles. The van der Waals surface area contributed by atoms with Crippen LogP contribution in [0.25, 0.3) is 22.0 Å². The molecule has 1 unspecified atom stereocenters. The van der Waals surface area contributed by atoms with Crippen molar-refractivity contribution < 1.29 is 4.39 Å². The number of fused-ring (bicyclic) bond motifs is 1. The monoisotopic (exact) mass is 303 g/mol. The van der Waals surface area contributed by atoms with Crippen molar-refractivity contribution in [3.63, 3.8) is 0 Å². The number of halogens is 1. The Kier molecular flexibility index (Phi) is 3.86. The summed E-state index contributed by atoms with van der Waals surface area (Å²) in [6, 6.07) is 13.8. The second-order valence-electron chi connectivity index (χ2n) is 5.27. The Morgan fingerprint density at radius 1 is 1.26 bits per heavy atom. The molecule has 0 radical (unpaired) electrons. The molecular formula is C19H14FN3. The van der Waals surface area contributed by atoms with Gasteiger partial charge in [-0.15, -0.1) is 0 Å². The molecule has 0 aliphatic rings. The number of benzene rings is 2. The fourth-order valence-corrected chi connectivity index (χ4v) is 2.73. The predicted molar refractivity (Wildman–Crippen MR) is 89.8 cm³/mol. The Balaban J connectivity index is 2.47. The normalized spacial score (nSPS) is 11.9. The summed E-state index contributed by atoms with van der Waals surface area (Å²) >= 11 is 0. The van der Waals surface area contributed by atoms with Crippen molar-refractivity contribution in [1.82, 2.24) is 4.98 Å². The van der Waals surface area contributed by atoms with Crippen LogP contribution in [0.1, 0.15) is 24.1 Å². The highest BCUT2D eigenvalue weighted by molar-refractivity contribution is 5.98. The number of nitrogens with zero attached hydrogens (tertiary/aromatic N) is 3. The molecule has 0 aliphatic heterocycles. The minimum Gasteiger partial charge on any atom is -0.293 e. The van der Waals surface area contributed by atoms with Crippen molar-refractivity contribution in [2.24, 2.45) is 4.99 Å². The molecule has 0 aliphatic carbocycles. The SMILES string of the molecule is C=NC(C)c1cc(C#N)c2cccnc2c1-c1cccc(F)c1. The van der Waals surface area contributed by atoms with Gasteiger partial charge < -0.3 is 0 Å². The average molecular weight is 303 g/mol. The zero-order valence-electron chi connectivity index (χ0n) is 12.6. The number of hydrogen-bond donors (Lipinski definition) is 0. The average Bonchev–Trinajstić information content (AvgIpc) is 2.59. The van der Waals surface area contributed by atoms with Gasteiger partial charge in [0.1, 0.15) is 5.82 Å². The standard InChI is InChI=1S/C19H14FN3/c1-12(22-2)17-10-14(11-21)16-7-4-8-23-19(16)18(17)13-5-3-6-15(20)9-13/h3-10,12H,2H2,1H3. The van der Waals surface area contributed by atoms with E-state index in [0.717, 1.165) is 16.5 Å². The fourth-order valence-electron chi connectivity index (χ4n) is 2.73. The van der Waals surface area contributed by atoms with Crippen molar-refractivity contribution in [2.75, 3.05) is 0 Å². The van der Waals surface area contributed by atoms with Crippen molar-refractivity contribution in [3.05, 3.63) is 65.6 Å². The second-order valence-corrected chi connectivity index (χ2v) is 5.27. The van der Waals surface area contributed by atoms with Gasteiger partial charge in [-0.3, -0.25) is 9.98 Å². The van der Waals surface area contributed by atoms with Gasteiger partial charge in [0.2, 0.25) is 0 Å². The summed E-state index contributed by atoms with van der Waals surface area (Å²) in [6.07, 6.45) is 1.67. The molecule has 1 aromatic heterocycles. The van der Waals surface area contributed by atoms with Crippen molar-refractivity contribution in [2.45, 2.75) is 13.0 Å². The molecule has 0 amide bonds. The smallest absolute Gasteiger partial charge is 0.123 e. The Morgan fingerprint density at radius 2 is 2.09 bits per heavy atom. The quantitative estimate of drug-likeness (QED) is 0.660. The highest BCUT2D eigenvalue weighted by atomic mass is 19.1. The van der Waals surface area contributed by atoms with Crippen LogP contribution in [-0.4, -0.2) is 11.7 Å². The van der Waals surface area contributed by atoms with E-state index in [1.807, 2.05) is 19.1 Å². The lowest BCUT2D eigenvalue weighted by molar-refractivity contribution is 0.628. The van der Waals surface area contributed by atoms with E-state index in [0.29, 0.717) is 16.6 Å². The van der Waals surface area contributed by atoms with Gasteiger partial charge in [-0.05, 0) is 55.1 Å². The van der Waals surface area contributed by atoms with Crippen LogP contribution in [0.15, 0.2) is 53.7 Å². The molecule has 3 aromatic rings. The number of aromatic nitrogens is 1. The Morgan fingerprint density at radius 3 is 2.78 bits per heavy atom. The first-order valence-electron chi connectivity index (χ1n) is 7.19. The molecule has 0 fully saturated rings. The molecular weight excluding hydrogens is 289 g/mol. The fraction of sp³-hybridized carbons (Fsp3) is 0.105. The maximum atomic E-state index is 13.7. The third-order valence-electron chi connectivity index (χ3n) is 3.88. The van der Waals surface area contributed by atoms with Crippen LogP contribution in [0.5, 0.6) is 0 Å². The third-order valence-corrected chi connectivity index (χ3v) is 3.88. The molecule has 0 bridgehead atoms. The summed E-state index contributed by atoms with van der Waals surface area (Å²) in [7, 11) is 0. The number of nitriles is 1. The van der Waals surface area contributed by atoms with Crippen LogP contribution >= 0.6 is 0 Å². The van der Waals surface area contributed by atoms with Crippen molar-refractivity contribution >= 4 is 17.6 Å². The van der Waals surface area contributed by atoms with Crippen LogP contribution in [0.4, 0.5) is 4.39 Å². The molecule has 1 heterocycles. The first-order valence-corrected chi connectivity index (χ1v) is 7.19. The maximum Gasteiger partial charge on any atom is 0.123 e. The van der Waals surface area contributed by atoms with Crippen LogP contribution in [-0.2, 0) is 0 Å². The number of rotatable bonds is 3. The lowest BCUT2D eigenvalue weighted by Crippen LogP contribution is -1.99. The van der Waals surface area contributed by atoms with E-state index >= 15 is 0 Å². The Bertz CT molecular complexity index is 941.